The minimum absolute atomic E-state index is 0.0674. The predicted octanol–water partition coefficient (Wildman–Crippen LogP) is 1.73. The molecule has 0 spiro atoms. The van der Waals surface area contributed by atoms with Gasteiger partial charge in [-0.25, -0.2) is 0 Å². The molecule has 0 radical (unpaired) electrons. The van der Waals surface area contributed by atoms with E-state index < -0.39 is 29.9 Å². The van der Waals surface area contributed by atoms with Crippen LogP contribution in [0.4, 0.5) is 13.2 Å². The van der Waals surface area contributed by atoms with Gasteiger partial charge in [0.15, 0.2) is 0 Å². The lowest BCUT2D eigenvalue weighted by molar-refractivity contribution is -0.142. The van der Waals surface area contributed by atoms with E-state index in [1.54, 1.807) is 0 Å². The Balaban J connectivity index is 2.15. The van der Waals surface area contributed by atoms with E-state index in [0.717, 1.165) is 12.1 Å². The number of halogens is 3. The third-order valence-electron chi connectivity index (χ3n) is 3.31. The zero-order valence-electron chi connectivity index (χ0n) is 10.5. The van der Waals surface area contributed by atoms with Crippen molar-refractivity contribution in [2.24, 2.45) is 0 Å². The number of hydrogen-bond acceptors (Lipinski definition) is 3. The molecule has 1 aromatic rings. The van der Waals surface area contributed by atoms with Gasteiger partial charge in [0.05, 0.1) is 11.7 Å². The summed E-state index contributed by atoms with van der Waals surface area (Å²) < 4.78 is 37.8. The molecule has 1 aliphatic heterocycles. The number of nitrogens with zero attached hydrogens (tertiary/aromatic N) is 1. The van der Waals surface area contributed by atoms with Crippen LogP contribution in [0.3, 0.4) is 0 Å². The molecule has 0 unspecified atom stereocenters. The Hall–Kier alpha value is -1.60. The number of carboxylic acids is 1. The molecule has 2 N–H and O–H groups in total. The zero-order chi connectivity index (χ0) is 14.9. The van der Waals surface area contributed by atoms with Gasteiger partial charge in [0.1, 0.15) is 6.04 Å². The molecule has 110 valence electrons. The van der Waals surface area contributed by atoms with Gasteiger partial charge in [-0.2, -0.15) is 13.2 Å². The standard InChI is InChI=1S/C13H14F3NO3/c14-13(15,16)9-3-1-2-8(4-9)6-17-7-10(18)5-11(17)12(19)20/h1-4,10-11,18H,5-7H2,(H,19,20)/t10-,11-/m1/s1. The number of rotatable bonds is 3. The summed E-state index contributed by atoms with van der Waals surface area (Å²) in [6, 6.07) is 3.92. The van der Waals surface area contributed by atoms with Crippen LogP contribution in [0.15, 0.2) is 24.3 Å². The lowest BCUT2D eigenvalue weighted by Crippen LogP contribution is -2.35. The molecule has 1 saturated heterocycles. The molecule has 0 aromatic heterocycles. The van der Waals surface area contributed by atoms with Crippen molar-refractivity contribution in [3.63, 3.8) is 0 Å². The number of aliphatic hydroxyl groups is 1. The number of aliphatic carboxylic acids is 1. The van der Waals surface area contributed by atoms with E-state index in [4.69, 9.17) is 5.11 Å². The van der Waals surface area contributed by atoms with E-state index in [2.05, 4.69) is 0 Å². The molecule has 2 rings (SSSR count). The molecule has 0 aliphatic carbocycles. The maximum absolute atomic E-state index is 12.6. The quantitative estimate of drug-likeness (QED) is 0.889. The summed E-state index contributed by atoms with van der Waals surface area (Å²) in [5, 5.41) is 18.5. The third kappa shape index (κ3) is 3.29. The Morgan fingerprint density at radius 2 is 2.10 bits per heavy atom. The molecule has 4 nitrogen and oxygen atoms in total. The van der Waals surface area contributed by atoms with Crippen LogP contribution in [0.25, 0.3) is 0 Å². The lowest BCUT2D eigenvalue weighted by Gasteiger charge is -2.21. The Morgan fingerprint density at radius 1 is 1.40 bits per heavy atom. The number of aliphatic hydroxyl groups excluding tert-OH is 1. The van der Waals surface area contributed by atoms with E-state index in [1.807, 2.05) is 0 Å². The van der Waals surface area contributed by atoms with Crippen LogP contribution in [0.5, 0.6) is 0 Å². The first kappa shape index (κ1) is 14.8. The second-order valence-corrected chi connectivity index (χ2v) is 4.87. The molecule has 1 aliphatic rings. The summed E-state index contributed by atoms with van der Waals surface area (Å²) in [5.74, 6) is -1.08. The molecule has 2 atom stereocenters. The van der Waals surface area contributed by atoms with Gasteiger partial charge in [-0.1, -0.05) is 18.2 Å². The molecular formula is C13H14F3NO3. The van der Waals surface area contributed by atoms with Crippen molar-refractivity contribution in [3.8, 4) is 0 Å². The third-order valence-corrected chi connectivity index (χ3v) is 3.31. The second-order valence-electron chi connectivity index (χ2n) is 4.87. The normalized spacial score (nSPS) is 24.0. The number of hydrogen-bond donors (Lipinski definition) is 2. The highest BCUT2D eigenvalue weighted by Crippen LogP contribution is 2.30. The summed E-state index contributed by atoms with van der Waals surface area (Å²) >= 11 is 0. The average Bonchev–Trinajstić information content (AvgIpc) is 2.69. The lowest BCUT2D eigenvalue weighted by atomic mass is 10.1. The van der Waals surface area contributed by atoms with Crippen LogP contribution in [-0.4, -0.2) is 39.8 Å². The van der Waals surface area contributed by atoms with Crippen molar-refractivity contribution in [1.82, 2.24) is 4.90 Å². The van der Waals surface area contributed by atoms with E-state index >= 15 is 0 Å². The van der Waals surface area contributed by atoms with Crippen molar-refractivity contribution < 1.29 is 28.2 Å². The summed E-state index contributed by atoms with van der Waals surface area (Å²) in [5.41, 5.74) is -0.387. The van der Waals surface area contributed by atoms with Crippen LogP contribution < -0.4 is 0 Å². The first-order valence-electron chi connectivity index (χ1n) is 6.08. The fraction of sp³-hybridized carbons (Fsp3) is 0.462. The van der Waals surface area contributed by atoms with Gasteiger partial charge in [0, 0.05) is 19.5 Å². The van der Waals surface area contributed by atoms with Gasteiger partial charge in [-0.3, -0.25) is 9.69 Å². The first-order valence-corrected chi connectivity index (χ1v) is 6.08. The minimum atomic E-state index is -4.42. The topological polar surface area (TPSA) is 60.8 Å². The Morgan fingerprint density at radius 3 is 2.70 bits per heavy atom. The Kier molecular flexibility index (Phi) is 4.01. The fourth-order valence-electron chi connectivity index (χ4n) is 2.39. The van der Waals surface area contributed by atoms with E-state index in [9.17, 15) is 23.1 Å². The molecule has 0 saturated carbocycles. The summed E-state index contributed by atoms with van der Waals surface area (Å²) in [6.45, 7) is 0.213. The fourth-order valence-corrected chi connectivity index (χ4v) is 2.39. The van der Waals surface area contributed by atoms with E-state index in [1.165, 1.54) is 17.0 Å². The highest BCUT2D eigenvalue weighted by molar-refractivity contribution is 5.74. The largest absolute Gasteiger partial charge is 0.480 e. The zero-order valence-corrected chi connectivity index (χ0v) is 10.5. The molecule has 0 bridgehead atoms. The van der Waals surface area contributed by atoms with Crippen LogP contribution in [-0.2, 0) is 17.5 Å². The van der Waals surface area contributed by atoms with Crippen LogP contribution in [0, 0.1) is 0 Å². The summed E-state index contributed by atoms with van der Waals surface area (Å²) in [6.07, 6.45) is -5.09. The number of likely N-dealkylation sites (tertiary alicyclic amines) is 1. The SMILES string of the molecule is O=C(O)[C@H]1C[C@@H](O)CN1Cc1cccc(C(F)(F)F)c1. The summed E-state index contributed by atoms with van der Waals surface area (Å²) in [7, 11) is 0. The number of alkyl halides is 3. The smallest absolute Gasteiger partial charge is 0.416 e. The van der Waals surface area contributed by atoms with Crippen molar-refractivity contribution in [1.29, 1.82) is 0 Å². The van der Waals surface area contributed by atoms with E-state index in [0.29, 0.717) is 5.56 Å². The van der Waals surface area contributed by atoms with Gasteiger partial charge < -0.3 is 10.2 Å². The second kappa shape index (κ2) is 5.41. The molecule has 1 aromatic carbocycles. The molecule has 20 heavy (non-hydrogen) atoms. The highest BCUT2D eigenvalue weighted by atomic mass is 19.4. The molecular weight excluding hydrogens is 275 g/mol. The van der Waals surface area contributed by atoms with Gasteiger partial charge in [-0.05, 0) is 11.6 Å². The first-order chi connectivity index (χ1) is 9.27. The van der Waals surface area contributed by atoms with Crippen molar-refractivity contribution >= 4 is 5.97 Å². The number of carbonyl (C=O) groups is 1. The van der Waals surface area contributed by atoms with Gasteiger partial charge in [0.2, 0.25) is 0 Å². The van der Waals surface area contributed by atoms with Gasteiger partial charge in [-0.15, -0.1) is 0 Å². The van der Waals surface area contributed by atoms with Gasteiger partial charge in [0.25, 0.3) is 0 Å². The molecule has 1 fully saturated rings. The molecule has 7 heteroatoms. The number of β-amino-alcohol motifs (C(OH)–C–C–N with tert-alkyl or cyclic N) is 1. The highest BCUT2D eigenvalue weighted by Gasteiger charge is 2.36. The molecule has 0 amide bonds. The Bertz CT molecular complexity index is 504. The number of carboxylic acid groups (broad SMARTS) is 1. The maximum atomic E-state index is 12.6. The van der Waals surface area contributed by atoms with Crippen LogP contribution >= 0.6 is 0 Å². The summed E-state index contributed by atoms with van der Waals surface area (Å²) in [4.78, 5) is 12.5. The molecule has 1 heterocycles. The van der Waals surface area contributed by atoms with Crippen LogP contribution in [0.2, 0.25) is 0 Å². The predicted molar refractivity (Wildman–Crippen MR) is 63.9 cm³/mol. The monoisotopic (exact) mass is 289 g/mol. The van der Waals surface area contributed by atoms with Crippen molar-refractivity contribution in [3.05, 3.63) is 35.4 Å². The minimum Gasteiger partial charge on any atom is -0.480 e. The maximum Gasteiger partial charge on any atom is 0.416 e. The van der Waals surface area contributed by atoms with E-state index in [-0.39, 0.29) is 19.5 Å². The Labute approximate surface area is 113 Å². The number of benzene rings is 1. The average molecular weight is 289 g/mol. The van der Waals surface area contributed by atoms with Crippen LogP contribution in [0.1, 0.15) is 17.5 Å². The van der Waals surface area contributed by atoms with Crippen molar-refractivity contribution in [2.45, 2.75) is 31.3 Å². The van der Waals surface area contributed by atoms with Gasteiger partial charge >= 0.3 is 12.1 Å². The van der Waals surface area contributed by atoms with Crippen molar-refractivity contribution in [2.75, 3.05) is 6.54 Å².